The minimum Gasteiger partial charge on any atom is -0.271 e. The van der Waals surface area contributed by atoms with Crippen LogP contribution >= 0.6 is 15.9 Å². The lowest BCUT2D eigenvalue weighted by atomic mass is 9.80. The van der Waals surface area contributed by atoms with Gasteiger partial charge < -0.3 is 0 Å². The largest absolute Gasteiger partial charge is 0.271 e. The number of hydrazine groups is 1. The number of rotatable bonds is 4. The van der Waals surface area contributed by atoms with E-state index in [0.717, 1.165) is 34.9 Å². The zero-order chi connectivity index (χ0) is 15.6. The molecule has 6 heteroatoms. The second-order valence-electron chi connectivity index (χ2n) is 6.02. The standard InChI is InChI=1S/C15H23BrN2O2S/c1-10-8-12(16)6-7-14(10)15(18-17)11-4-3-5-13(9-11)21(2,19)20/h6-8,11,13,15,18H,3-5,9,17H2,1-2H3. The minimum absolute atomic E-state index is 0.00245. The highest BCUT2D eigenvalue weighted by atomic mass is 79.9. The van der Waals surface area contributed by atoms with Gasteiger partial charge in [-0.05, 0) is 55.4 Å². The van der Waals surface area contributed by atoms with E-state index < -0.39 is 9.84 Å². The number of halogens is 1. The third-order valence-corrected chi connectivity index (χ3v) is 6.62. The van der Waals surface area contributed by atoms with Crippen molar-refractivity contribution in [2.24, 2.45) is 11.8 Å². The average Bonchev–Trinajstić information content (AvgIpc) is 2.41. The summed E-state index contributed by atoms with van der Waals surface area (Å²) in [5.74, 6) is 6.04. The number of hydrogen-bond donors (Lipinski definition) is 2. The van der Waals surface area contributed by atoms with Crippen molar-refractivity contribution in [2.45, 2.75) is 43.9 Å². The molecule has 1 aromatic rings. The molecule has 3 N–H and O–H groups in total. The summed E-state index contributed by atoms with van der Waals surface area (Å²) in [5, 5.41) is -0.233. The van der Waals surface area contributed by atoms with Crippen LogP contribution in [-0.4, -0.2) is 19.9 Å². The van der Waals surface area contributed by atoms with E-state index in [0.29, 0.717) is 6.42 Å². The van der Waals surface area contributed by atoms with Gasteiger partial charge in [0.05, 0.1) is 5.25 Å². The van der Waals surface area contributed by atoms with E-state index in [1.54, 1.807) is 0 Å². The third kappa shape index (κ3) is 4.06. The number of benzene rings is 1. The molecule has 1 aromatic carbocycles. The van der Waals surface area contributed by atoms with Gasteiger partial charge in [0.15, 0.2) is 0 Å². The summed E-state index contributed by atoms with van der Waals surface area (Å²) in [4.78, 5) is 0. The van der Waals surface area contributed by atoms with E-state index in [1.807, 2.05) is 6.07 Å². The molecule has 0 heterocycles. The quantitative estimate of drug-likeness (QED) is 0.627. The molecule has 0 aliphatic heterocycles. The molecule has 3 atom stereocenters. The molecule has 2 rings (SSSR count). The van der Waals surface area contributed by atoms with E-state index in [1.165, 1.54) is 6.26 Å². The number of nitrogens with two attached hydrogens (primary N) is 1. The molecular weight excluding hydrogens is 352 g/mol. The first-order chi connectivity index (χ1) is 9.82. The molecule has 0 bridgehead atoms. The van der Waals surface area contributed by atoms with Crippen LogP contribution in [0.2, 0.25) is 0 Å². The van der Waals surface area contributed by atoms with Gasteiger partial charge in [-0.3, -0.25) is 11.3 Å². The molecule has 1 saturated carbocycles. The Hall–Kier alpha value is -0.430. The minimum atomic E-state index is -2.98. The summed E-state index contributed by atoms with van der Waals surface area (Å²) in [5.41, 5.74) is 5.22. The van der Waals surface area contributed by atoms with E-state index in [4.69, 9.17) is 5.84 Å². The Labute approximate surface area is 135 Å². The van der Waals surface area contributed by atoms with Crippen molar-refractivity contribution >= 4 is 25.8 Å². The first-order valence-electron chi connectivity index (χ1n) is 7.24. The highest BCUT2D eigenvalue weighted by molar-refractivity contribution is 9.10. The lowest BCUT2D eigenvalue weighted by Crippen LogP contribution is -2.38. The van der Waals surface area contributed by atoms with Crippen molar-refractivity contribution in [2.75, 3.05) is 6.26 Å². The van der Waals surface area contributed by atoms with Gasteiger partial charge in [0.1, 0.15) is 9.84 Å². The normalized spacial score (nSPS) is 24.8. The van der Waals surface area contributed by atoms with Crippen LogP contribution in [0.15, 0.2) is 22.7 Å². The van der Waals surface area contributed by atoms with E-state index >= 15 is 0 Å². The van der Waals surface area contributed by atoms with Crippen LogP contribution < -0.4 is 11.3 Å². The zero-order valence-corrected chi connectivity index (χ0v) is 14.9. The first-order valence-corrected chi connectivity index (χ1v) is 9.98. The van der Waals surface area contributed by atoms with Crippen LogP contribution in [0.4, 0.5) is 0 Å². The fraction of sp³-hybridized carbons (Fsp3) is 0.600. The summed E-state index contributed by atoms with van der Waals surface area (Å²) < 4.78 is 24.7. The number of aryl methyl sites for hydroxylation is 1. The van der Waals surface area contributed by atoms with Crippen LogP contribution in [-0.2, 0) is 9.84 Å². The van der Waals surface area contributed by atoms with Gasteiger partial charge in [-0.2, -0.15) is 0 Å². The van der Waals surface area contributed by atoms with Gasteiger partial charge in [0, 0.05) is 16.8 Å². The van der Waals surface area contributed by atoms with Gasteiger partial charge in [-0.25, -0.2) is 8.42 Å². The molecule has 1 aliphatic rings. The fourth-order valence-electron chi connectivity index (χ4n) is 3.34. The highest BCUT2D eigenvalue weighted by Crippen LogP contribution is 2.37. The molecule has 1 fully saturated rings. The molecule has 0 aromatic heterocycles. The lowest BCUT2D eigenvalue weighted by molar-refractivity contribution is 0.274. The van der Waals surface area contributed by atoms with Gasteiger partial charge in [-0.15, -0.1) is 0 Å². The van der Waals surface area contributed by atoms with Crippen molar-refractivity contribution < 1.29 is 8.42 Å². The summed E-state index contributed by atoms with van der Waals surface area (Å²) in [6.07, 6.45) is 4.75. The topological polar surface area (TPSA) is 72.2 Å². The molecule has 4 nitrogen and oxygen atoms in total. The van der Waals surface area contributed by atoms with Gasteiger partial charge in [-0.1, -0.05) is 28.4 Å². The maximum Gasteiger partial charge on any atom is 0.150 e. The maximum absolute atomic E-state index is 11.8. The van der Waals surface area contributed by atoms with Gasteiger partial charge in [0.2, 0.25) is 0 Å². The molecule has 3 unspecified atom stereocenters. The van der Waals surface area contributed by atoms with Gasteiger partial charge >= 0.3 is 0 Å². The molecule has 118 valence electrons. The van der Waals surface area contributed by atoms with Crippen LogP contribution in [0.1, 0.15) is 42.9 Å². The van der Waals surface area contributed by atoms with Crippen LogP contribution in [0.3, 0.4) is 0 Å². The average molecular weight is 375 g/mol. The predicted octanol–water partition coefficient (Wildman–Crippen LogP) is 2.87. The van der Waals surface area contributed by atoms with Crippen molar-refractivity contribution in [1.82, 2.24) is 5.43 Å². The number of sulfone groups is 1. The van der Waals surface area contributed by atoms with Gasteiger partial charge in [0.25, 0.3) is 0 Å². The Balaban J connectivity index is 2.24. The Kier molecular flexibility index (Phi) is 5.46. The van der Waals surface area contributed by atoms with Crippen LogP contribution in [0, 0.1) is 12.8 Å². The maximum atomic E-state index is 11.8. The highest BCUT2D eigenvalue weighted by Gasteiger charge is 2.33. The molecule has 0 spiro atoms. The van der Waals surface area contributed by atoms with E-state index in [2.05, 4.69) is 40.4 Å². The second-order valence-corrected chi connectivity index (χ2v) is 9.26. The fourth-order valence-corrected chi connectivity index (χ4v) is 5.01. The summed E-state index contributed by atoms with van der Waals surface area (Å²) in [7, 11) is -2.98. The summed E-state index contributed by atoms with van der Waals surface area (Å²) >= 11 is 3.47. The van der Waals surface area contributed by atoms with Crippen molar-refractivity contribution in [1.29, 1.82) is 0 Å². The lowest BCUT2D eigenvalue weighted by Gasteiger charge is -2.34. The van der Waals surface area contributed by atoms with E-state index in [-0.39, 0.29) is 17.2 Å². The Morgan fingerprint density at radius 1 is 1.38 bits per heavy atom. The molecule has 0 saturated heterocycles. The van der Waals surface area contributed by atoms with E-state index in [9.17, 15) is 8.42 Å². The molecule has 0 radical (unpaired) electrons. The van der Waals surface area contributed by atoms with Crippen molar-refractivity contribution in [3.8, 4) is 0 Å². The second kappa shape index (κ2) is 6.77. The smallest absolute Gasteiger partial charge is 0.150 e. The Morgan fingerprint density at radius 3 is 2.67 bits per heavy atom. The monoisotopic (exact) mass is 374 g/mol. The molecular formula is C15H23BrN2O2S. The molecule has 1 aliphatic carbocycles. The summed E-state index contributed by atoms with van der Waals surface area (Å²) in [6.45, 7) is 2.06. The Morgan fingerprint density at radius 2 is 2.10 bits per heavy atom. The van der Waals surface area contributed by atoms with Crippen LogP contribution in [0.25, 0.3) is 0 Å². The van der Waals surface area contributed by atoms with Crippen molar-refractivity contribution in [3.05, 3.63) is 33.8 Å². The SMILES string of the molecule is Cc1cc(Br)ccc1C(NN)C1CCCC(S(C)(=O)=O)C1. The predicted molar refractivity (Wildman–Crippen MR) is 89.5 cm³/mol. The Bertz CT molecular complexity index is 604. The first kappa shape index (κ1) is 16.9. The number of nitrogens with one attached hydrogen (secondary N) is 1. The third-order valence-electron chi connectivity index (χ3n) is 4.49. The number of hydrogen-bond acceptors (Lipinski definition) is 4. The molecule has 21 heavy (non-hydrogen) atoms. The summed E-state index contributed by atoms with van der Waals surface area (Å²) in [6, 6.07) is 6.14. The zero-order valence-electron chi connectivity index (χ0n) is 12.5. The van der Waals surface area contributed by atoms with Crippen molar-refractivity contribution in [3.63, 3.8) is 0 Å². The molecule has 0 amide bonds. The van der Waals surface area contributed by atoms with Crippen LogP contribution in [0.5, 0.6) is 0 Å².